The van der Waals surface area contributed by atoms with Crippen LogP contribution in [0, 0.1) is 5.82 Å². The average Bonchev–Trinajstić information content (AvgIpc) is 2.19. The van der Waals surface area contributed by atoms with E-state index in [4.69, 9.17) is 5.73 Å². The monoisotopic (exact) mass is 295 g/mol. The number of rotatable bonds is 5. The van der Waals surface area contributed by atoms with Crippen LogP contribution in [0.5, 0.6) is 0 Å². The Labute approximate surface area is 106 Å². The third-order valence-electron chi connectivity index (χ3n) is 2.26. The summed E-state index contributed by atoms with van der Waals surface area (Å²) in [7, 11) is -6.88. The van der Waals surface area contributed by atoms with E-state index >= 15 is 0 Å². The van der Waals surface area contributed by atoms with Gasteiger partial charge in [0.2, 0.25) is 0 Å². The molecule has 0 bridgehead atoms. The Morgan fingerprint density at radius 3 is 2.28 bits per heavy atom. The summed E-state index contributed by atoms with van der Waals surface area (Å²) in [6, 6.07) is 3.21. The fourth-order valence-electron chi connectivity index (χ4n) is 1.33. The van der Waals surface area contributed by atoms with Crippen LogP contribution in [0.3, 0.4) is 0 Å². The van der Waals surface area contributed by atoms with Gasteiger partial charge >= 0.3 is 0 Å². The Balaban J connectivity index is 2.84. The predicted octanol–water partition coefficient (Wildman–Crippen LogP) is 0.616. The van der Waals surface area contributed by atoms with Gasteiger partial charge < -0.3 is 5.73 Å². The molecule has 0 unspecified atom stereocenters. The summed E-state index contributed by atoms with van der Waals surface area (Å²) in [4.78, 5) is -0.192. The van der Waals surface area contributed by atoms with Gasteiger partial charge in [-0.2, -0.15) is 0 Å². The van der Waals surface area contributed by atoms with Crippen LogP contribution in [-0.2, 0) is 19.7 Å². The normalized spacial score (nSPS) is 12.6. The van der Waals surface area contributed by atoms with Gasteiger partial charge in [-0.25, -0.2) is 21.2 Å². The summed E-state index contributed by atoms with van der Waals surface area (Å²) in [5.41, 5.74) is 5.11. The quantitative estimate of drug-likeness (QED) is 0.803. The van der Waals surface area contributed by atoms with Crippen LogP contribution in [0.15, 0.2) is 23.1 Å². The van der Waals surface area contributed by atoms with Gasteiger partial charge in [-0.1, -0.05) is 0 Å². The second-order valence-electron chi connectivity index (χ2n) is 3.99. The predicted molar refractivity (Wildman–Crippen MR) is 67.2 cm³/mol. The number of nitrogen functional groups attached to an aromatic ring is 1. The van der Waals surface area contributed by atoms with E-state index in [2.05, 4.69) is 0 Å². The van der Waals surface area contributed by atoms with E-state index in [1.54, 1.807) is 0 Å². The van der Waals surface area contributed by atoms with Crippen molar-refractivity contribution in [2.45, 2.75) is 11.3 Å². The lowest BCUT2D eigenvalue weighted by Crippen LogP contribution is -2.12. The molecule has 102 valence electrons. The molecule has 0 saturated heterocycles. The van der Waals surface area contributed by atoms with E-state index in [9.17, 15) is 21.2 Å². The zero-order valence-corrected chi connectivity index (χ0v) is 11.4. The number of sulfone groups is 2. The minimum Gasteiger partial charge on any atom is -0.396 e. The first kappa shape index (κ1) is 14.9. The molecule has 0 heterocycles. The Morgan fingerprint density at radius 2 is 1.78 bits per heavy atom. The van der Waals surface area contributed by atoms with Crippen molar-refractivity contribution in [1.82, 2.24) is 0 Å². The molecule has 1 aromatic rings. The minimum absolute atomic E-state index is 0.0207. The lowest BCUT2D eigenvalue weighted by molar-refractivity contribution is 0.588. The van der Waals surface area contributed by atoms with Gasteiger partial charge in [-0.05, 0) is 24.6 Å². The van der Waals surface area contributed by atoms with Gasteiger partial charge in [0.25, 0.3) is 0 Å². The number of hydrogen-bond donors (Lipinski definition) is 1. The molecule has 0 aliphatic heterocycles. The second kappa shape index (κ2) is 5.23. The molecule has 0 fully saturated rings. The molecule has 0 aromatic heterocycles. The summed E-state index contributed by atoms with van der Waals surface area (Å²) in [5, 5.41) is 0. The maximum atomic E-state index is 13.1. The molecule has 18 heavy (non-hydrogen) atoms. The Hall–Kier alpha value is -1.15. The number of nitrogens with two attached hydrogens (primary N) is 1. The van der Waals surface area contributed by atoms with E-state index in [-0.39, 0.29) is 28.5 Å². The molecule has 5 nitrogen and oxygen atoms in total. The fraction of sp³-hybridized carbons (Fsp3) is 0.400. The van der Waals surface area contributed by atoms with Gasteiger partial charge in [-0.15, -0.1) is 0 Å². The molecule has 1 aromatic carbocycles. The first-order chi connectivity index (χ1) is 8.12. The number of hydrogen-bond acceptors (Lipinski definition) is 5. The Bertz CT molecular complexity index is 638. The van der Waals surface area contributed by atoms with E-state index in [1.807, 2.05) is 0 Å². The molecular weight excluding hydrogens is 281 g/mol. The van der Waals surface area contributed by atoms with Crippen molar-refractivity contribution in [2.75, 3.05) is 23.5 Å². The average molecular weight is 295 g/mol. The van der Waals surface area contributed by atoms with Crippen LogP contribution in [0.4, 0.5) is 10.1 Å². The van der Waals surface area contributed by atoms with Gasteiger partial charge in [-0.3, -0.25) is 0 Å². The number of halogens is 1. The molecule has 0 aliphatic rings. The van der Waals surface area contributed by atoms with Gasteiger partial charge in [0.1, 0.15) is 15.7 Å². The van der Waals surface area contributed by atoms with Gasteiger partial charge in [0.15, 0.2) is 9.84 Å². The van der Waals surface area contributed by atoms with Crippen LogP contribution >= 0.6 is 0 Å². The molecule has 8 heteroatoms. The van der Waals surface area contributed by atoms with Crippen molar-refractivity contribution in [2.24, 2.45) is 0 Å². The van der Waals surface area contributed by atoms with E-state index < -0.39 is 25.5 Å². The number of anilines is 1. The van der Waals surface area contributed by atoms with Crippen LogP contribution < -0.4 is 5.73 Å². The lowest BCUT2D eigenvalue weighted by atomic mass is 10.3. The van der Waals surface area contributed by atoms with Crippen molar-refractivity contribution < 1.29 is 21.2 Å². The highest BCUT2D eigenvalue weighted by Crippen LogP contribution is 2.18. The van der Waals surface area contributed by atoms with Crippen LogP contribution in [-0.4, -0.2) is 34.6 Å². The third-order valence-corrected chi connectivity index (χ3v) is 5.09. The van der Waals surface area contributed by atoms with Gasteiger partial charge in [0, 0.05) is 6.26 Å². The minimum atomic E-state index is -3.68. The van der Waals surface area contributed by atoms with Crippen molar-refractivity contribution >= 4 is 25.4 Å². The fourth-order valence-corrected chi connectivity index (χ4v) is 3.50. The van der Waals surface area contributed by atoms with Crippen molar-refractivity contribution in [3.05, 3.63) is 24.0 Å². The molecule has 0 atom stereocenters. The van der Waals surface area contributed by atoms with E-state index in [0.717, 1.165) is 12.3 Å². The van der Waals surface area contributed by atoms with E-state index in [0.29, 0.717) is 0 Å². The van der Waals surface area contributed by atoms with Crippen molar-refractivity contribution in [3.63, 3.8) is 0 Å². The third kappa shape index (κ3) is 4.26. The Kier molecular flexibility index (Phi) is 4.33. The first-order valence-electron chi connectivity index (χ1n) is 5.07. The van der Waals surface area contributed by atoms with Gasteiger partial charge in [0.05, 0.1) is 22.1 Å². The molecular formula is C10H14FNO4S2. The van der Waals surface area contributed by atoms with Crippen molar-refractivity contribution in [3.8, 4) is 0 Å². The van der Waals surface area contributed by atoms with Crippen LogP contribution in [0.1, 0.15) is 6.42 Å². The highest BCUT2D eigenvalue weighted by molar-refractivity contribution is 7.92. The summed E-state index contributed by atoms with van der Waals surface area (Å²) in [5.74, 6) is -1.37. The Morgan fingerprint density at radius 1 is 1.17 bits per heavy atom. The smallest absolute Gasteiger partial charge is 0.178 e. The molecule has 1 rings (SSSR count). The molecule has 0 radical (unpaired) electrons. The zero-order chi connectivity index (χ0) is 14.0. The standard InChI is InChI=1S/C10H14FNO4S2/c1-17(13,14)5-2-6-18(15,16)8-3-4-10(12)9(11)7-8/h3-4,7H,2,5-6,12H2,1H3. The highest BCUT2D eigenvalue weighted by atomic mass is 32.2. The van der Waals surface area contributed by atoms with Crippen LogP contribution in [0.25, 0.3) is 0 Å². The highest BCUT2D eigenvalue weighted by Gasteiger charge is 2.17. The zero-order valence-electron chi connectivity index (χ0n) is 9.76. The molecule has 0 aliphatic carbocycles. The molecule has 0 amide bonds. The summed E-state index contributed by atoms with van der Waals surface area (Å²) in [6.45, 7) is 0. The summed E-state index contributed by atoms with van der Waals surface area (Å²) >= 11 is 0. The largest absolute Gasteiger partial charge is 0.396 e. The summed E-state index contributed by atoms with van der Waals surface area (Å²) < 4.78 is 58.5. The summed E-state index contributed by atoms with van der Waals surface area (Å²) in [6.07, 6.45) is 1.01. The van der Waals surface area contributed by atoms with Crippen molar-refractivity contribution in [1.29, 1.82) is 0 Å². The number of benzene rings is 1. The topological polar surface area (TPSA) is 94.3 Å². The van der Waals surface area contributed by atoms with E-state index in [1.165, 1.54) is 12.1 Å². The molecule has 2 N–H and O–H groups in total. The lowest BCUT2D eigenvalue weighted by Gasteiger charge is -2.05. The molecule has 0 saturated carbocycles. The molecule has 0 spiro atoms. The second-order valence-corrected chi connectivity index (χ2v) is 8.35. The van der Waals surface area contributed by atoms with Crippen LogP contribution in [0.2, 0.25) is 0 Å². The maximum absolute atomic E-state index is 13.1. The first-order valence-corrected chi connectivity index (χ1v) is 8.78. The SMILES string of the molecule is CS(=O)(=O)CCCS(=O)(=O)c1ccc(N)c(F)c1. The maximum Gasteiger partial charge on any atom is 0.178 e.